The molecule has 2 heterocycles. The number of aryl methyl sites for hydroxylation is 3. The number of thiazole rings is 1. The Morgan fingerprint density at radius 1 is 1.20 bits per heavy atom. The molecule has 0 saturated heterocycles. The first kappa shape index (κ1) is 10.8. The maximum Gasteiger partial charge on any atom is 0.195 e. The van der Waals surface area contributed by atoms with Crippen molar-refractivity contribution in [3.63, 3.8) is 0 Å². The zero-order valence-electron chi connectivity index (χ0n) is 9.37. The second kappa shape index (κ2) is 4.02. The van der Waals surface area contributed by atoms with E-state index < -0.39 is 0 Å². The van der Waals surface area contributed by atoms with Crippen molar-refractivity contribution in [2.45, 2.75) is 25.0 Å². The van der Waals surface area contributed by atoms with Gasteiger partial charge in [0.2, 0.25) is 0 Å². The summed E-state index contributed by atoms with van der Waals surface area (Å²) in [5.41, 5.74) is 3.62. The van der Waals surface area contributed by atoms with E-state index >= 15 is 0 Å². The Labute approximate surface area is 98.4 Å². The van der Waals surface area contributed by atoms with Gasteiger partial charge in [0.15, 0.2) is 5.13 Å². The highest BCUT2D eigenvalue weighted by Gasteiger charge is 2.11. The molecule has 0 aliphatic carbocycles. The lowest BCUT2D eigenvalue weighted by Gasteiger charge is -2.03. The van der Waals surface area contributed by atoms with E-state index in [4.69, 9.17) is 0 Å². The third-order valence-electron chi connectivity index (χ3n) is 2.39. The first-order valence-electron chi connectivity index (χ1n) is 4.80. The molecule has 0 bridgehead atoms. The monoisotopic (exact) mass is 238 g/mol. The van der Waals surface area contributed by atoms with Gasteiger partial charge in [-0.25, -0.2) is 4.98 Å². The fourth-order valence-corrected chi connectivity index (χ4v) is 3.44. The molecule has 0 amide bonds. The molecule has 0 fully saturated rings. The lowest BCUT2D eigenvalue weighted by atomic mass is 10.5. The molecule has 0 saturated carbocycles. The molecule has 0 unspecified atom stereocenters. The maximum absolute atomic E-state index is 4.61. The molecule has 2 aromatic rings. The van der Waals surface area contributed by atoms with Crippen LogP contribution in [0.2, 0.25) is 0 Å². The molecule has 2 nitrogen and oxygen atoms in total. The second-order valence-corrected chi connectivity index (χ2v) is 5.58. The third-order valence-corrected chi connectivity index (χ3v) is 4.74. The molecule has 0 N–H and O–H groups in total. The molecule has 0 aliphatic rings. The predicted octanol–water partition coefficient (Wildman–Crippen LogP) is 3.58. The molecule has 0 radical (unpaired) electrons. The third kappa shape index (κ3) is 1.84. The summed E-state index contributed by atoms with van der Waals surface area (Å²) in [5.74, 6) is 0. The summed E-state index contributed by atoms with van der Waals surface area (Å²) in [4.78, 5) is 4.61. The van der Waals surface area contributed by atoms with Crippen LogP contribution in [0.1, 0.15) is 17.1 Å². The minimum atomic E-state index is 1.08. The van der Waals surface area contributed by atoms with Gasteiger partial charge < -0.3 is 0 Å². The molecule has 0 aliphatic heterocycles. The highest BCUT2D eigenvalue weighted by molar-refractivity contribution is 8.00. The van der Waals surface area contributed by atoms with E-state index in [9.17, 15) is 0 Å². The summed E-state index contributed by atoms with van der Waals surface area (Å²) in [7, 11) is 0. The molecule has 0 atom stereocenters. The number of rotatable bonds is 2. The van der Waals surface area contributed by atoms with Crippen LogP contribution < -0.4 is 0 Å². The van der Waals surface area contributed by atoms with E-state index in [0.29, 0.717) is 0 Å². The van der Waals surface area contributed by atoms with Crippen LogP contribution in [0.4, 0.5) is 0 Å². The number of thioether (sulfide) groups is 1. The topological polar surface area (TPSA) is 17.8 Å². The van der Waals surface area contributed by atoms with Gasteiger partial charge in [0.05, 0.1) is 9.90 Å². The summed E-state index contributed by atoms with van der Waals surface area (Å²) in [6, 6.07) is 4.26. The van der Waals surface area contributed by atoms with Crippen LogP contribution in [0.25, 0.3) is 5.13 Å². The molecule has 80 valence electrons. The smallest absolute Gasteiger partial charge is 0.195 e. The summed E-state index contributed by atoms with van der Waals surface area (Å²) < 4.78 is 3.51. The van der Waals surface area contributed by atoms with Gasteiger partial charge in [-0.15, -0.1) is 11.8 Å². The Balaban J connectivity index is 2.54. The van der Waals surface area contributed by atoms with Crippen molar-refractivity contribution in [2.24, 2.45) is 0 Å². The van der Waals surface area contributed by atoms with Gasteiger partial charge in [-0.1, -0.05) is 11.3 Å². The highest BCUT2D eigenvalue weighted by atomic mass is 32.2. The zero-order chi connectivity index (χ0) is 11.0. The van der Waals surface area contributed by atoms with Gasteiger partial charge in [0, 0.05) is 11.4 Å². The standard InChI is InChI=1S/C11H14N2S2/c1-7-5-6-8(2)13(7)11-12-9(3)10(14-4)15-11/h5-6H,1-4H3. The molecular formula is C11H14N2S2. The average molecular weight is 238 g/mol. The van der Waals surface area contributed by atoms with E-state index in [1.165, 1.54) is 15.6 Å². The van der Waals surface area contributed by atoms with Gasteiger partial charge in [0.25, 0.3) is 0 Å². The van der Waals surface area contributed by atoms with Gasteiger partial charge in [-0.05, 0) is 39.2 Å². The Hall–Kier alpha value is -0.740. The SMILES string of the molecule is CSc1sc(-n2c(C)ccc2C)nc1C. The molecule has 2 aromatic heterocycles. The summed E-state index contributed by atoms with van der Waals surface area (Å²) in [5, 5.41) is 1.08. The lowest BCUT2D eigenvalue weighted by molar-refractivity contribution is 0.941. The van der Waals surface area contributed by atoms with Crippen LogP contribution in [0.15, 0.2) is 16.3 Å². The van der Waals surface area contributed by atoms with Crippen molar-refractivity contribution in [1.82, 2.24) is 9.55 Å². The Kier molecular flexibility index (Phi) is 2.89. The van der Waals surface area contributed by atoms with Crippen LogP contribution in [0, 0.1) is 20.8 Å². The van der Waals surface area contributed by atoms with Gasteiger partial charge in [0.1, 0.15) is 0 Å². The minimum Gasteiger partial charge on any atom is -0.295 e. The van der Waals surface area contributed by atoms with Crippen LogP contribution in [-0.2, 0) is 0 Å². The van der Waals surface area contributed by atoms with Crippen molar-refractivity contribution in [1.29, 1.82) is 0 Å². The number of hydrogen-bond acceptors (Lipinski definition) is 3. The van der Waals surface area contributed by atoms with Crippen LogP contribution in [0.3, 0.4) is 0 Å². The molecule has 4 heteroatoms. The molecular weight excluding hydrogens is 224 g/mol. The zero-order valence-corrected chi connectivity index (χ0v) is 11.0. The number of nitrogens with zero attached hydrogens (tertiary/aromatic N) is 2. The highest BCUT2D eigenvalue weighted by Crippen LogP contribution is 2.30. The number of aromatic nitrogens is 2. The largest absolute Gasteiger partial charge is 0.295 e. The maximum atomic E-state index is 4.61. The van der Waals surface area contributed by atoms with Crippen LogP contribution >= 0.6 is 23.1 Å². The second-order valence-electron chi connectivity index (χ2n) is 3.52. The van der Waals surface area contributed by atoms with Crippen LogP contribution in [-0.4, -0.2) is 15.8 Å². The van der Waals surface area contributed by atoms with Crippen molar-refractivity contribution in [2.75, 3.05) is 6.26 Å². The molecule has 0 spiro atoms. The van der Waals surface area contributed by atoms with Gasteiger partial charge in [-0.2, -0.15) is 0 Å². The van der Waals surface area contributed by atoms with E-state index in [2.05, 4.69) is 48.7 Å². The summed E-state index contributed by atoms with van der Waals surface area (Å²) >= 11 is 3.53. The Bertz CT molecular complexity index is 463. The van der Waals surface area contributed by atoms with Crippen molar-refractivity contribution >= 4 is 23.1 Å². The molecule has 2 rings (SSSR count). The summed E-state index contributed by atoms with van der Waals surface area (Å²) in [6.45, 7) is 6.30. The van der Waals surface area contributed by atoms with E-state index in [0.717, 1.165) is 10.8 Å². The number of hydrogen-bond donors (Lipinski definition) is 0. The fraction of sp³-hybridized carbons (Fsp3) is 0.364. The molecule has 0 aromatic carbocycles. The minimum absolute atomic E-state index is 1.08. The average Bonchev–Trinajstić information content (AvgIpc) is 2.70. The first-order valence-corrected chi connectivity index (χ1v) is 6.84. The summed E-state index contributed by atoms with van der Waals surface area (Å²) in [6.07, 6.45) is 2.10. The van der Waals surface area contributed by atoms with E-state index in [1.54, 1.807) is 23.1 Å². The lowest BCUT2D eigenvalue weighted by Crippen LogP contribution is -1.97. The predicted molar refractivity (Wildman–Crippen MR) is 67.4 cm³/mol. The Morgan fingerprint density at radius 2 is 1.80 bits per heavy atom. The van der Waals surface area contributed by atoms with Gasteiger partial charge >= 0.3 is 0 Å². The van der Waals surface area contributed by atoms with E-state index in [-0.39, 0.29) is 0 Å². The fourth-order valence-electron chi connectivity index (χ4n) is 1.62. The van der Waals surface area contributed by atoms with Gasteiger partial charge in [-0.3, -0.25) is 4.57 Å². The Morgan fingerprint density at radius 3 is 2.27 bits per heavy atom. The van der Waals surface area contributed by atoms with Crippen molar-refractivity contribution in [3.05, 3.63) is 29.2 Å². The normalized spacial score (nSPS) is 10.9. The quantitative estimate of drug-likeness (QED) is 0.744. The van der Waals surface area contributed by atoms with Crippen LogP contribution in [0.5, 0.6) is 0 Å². The van der Waals surface area contributed by atoms with Crippen molar-refractivity contribution < 1.29 is 0 Å². The van der Waals surface area contributed by atoms with E-state index in [1.807, 2.05) is 0 Å². The molecule has 15 heavy (non-hydrogen) atoms. The first-order chi connectivity index (χ1) is 7.13. The van der Waals surface area contributed by atoms with Crippen molar-refractivity contribution in [3.8, 4) is 5.13 Å².